The SMILES string of the molecule is COc1cc(/C=C(\C#N)C(=O)Nc2cccc(C)c2C)c(Br)cc1OCc1ccc2ccccc2c1. The van der Waals surface area contributed by atoms with Crippen LogP contribution in [0.4, 0.5) is 5.69 Å². The molecular weight excluding hydrogens is 516 g/mol. The number of anilines is 1. The molecule has 0 bridgehead atoms. The van der Waals surface area contributed by atoms with E-state index in [1.165, 1.54) is 11.5 Å². The predicted molar refractivity (Wildman–Crippen MR) is 147 cm³/mol. The van der Waals surface area contributed by atoms with Crippen LogP contribution >= 0.6 is 15.9 Å². The van der Waals surface area contributed by atoms with Gasteiger partial charge in [-0.25, -0.2) is 0 Å². The Kier molecular flexibility index (Phi) is 7.72. The van der Waals surface area contributed by atoms with Crippen LogP contribution < -0.4 is 14.8 Å². The van der Waals surface area contributed by atoms with Crippen LogP contribution in [-0.2, 0) is 11.4 Å². The average Bonchev–Trinajstić information content (AvgIpc) is 2.89. The molecule has 1 amide bonds. The highest BCUT2D eigenvalue weighted by Gasteiger charge is 2.15. The van der Waals surface area contributed by atoms with Gasteiger partial charge in [0.15, 0.2) is 11.5 Å². The van der Waals surface area contributed by atoms with Gasteiger partial charge in [0.25, 0.3) is 5.91 Å². The van der Waals surface area contributed by atoms with Gasteiger partial charge < -0.3 is 14.8 Å². The summed E-state index contributed by atoms with van der Waals surface area (Å²) in [5, 5.41) is 14.8. The number of nitrogens with one attached hydrogen (secondary N) is 1. The van der Waals surface area contributed by atoms with Crippen molar-refractivity contribution < 1.29 is 14.3 Å². The van der Waals surface area contributed by atoms with Gasteiger partial charge in [-0.3, -0.25) is 4.79 Å². The summed E-state index contributed by atoms with van der Waals surface area (Å²) in [5.74, 6) is 0.569. The predicted octanol–water partition coefficient (Wildman–Crippen LogP) is 7.35. The zero-order chi connectivity index (χ0) is 25.7. The Morgan fingerprint density at radius 3 is 2.53 bits per heavy atom. The number of nitrogens with zero attached hydrogens (tertiary/aromatic N) is 1. The number of fused-ring (bicyclic) bond motifs is 1. The number of rotatable bonds is 7. The van der Waals surface area contributed by atoms with E-state index in [1.54, 1.807) is 19.2 Å². The van der Waals surface area contributed by atoms with E-state index in [-0.39, 0.29) is 5.57 Å². The first-order valence-corrected chi connectivity index (χ1v) is 12.2. The Labute approximate surface area is 219 Å². The highest BCUT2D eigenvalue weighted by molar-refractivity contribution is 9.10. The first-order valence-electron chi connectivity index (χ1n) is 11.4. The van der Waals surface area contributed by atoms with Crippen LogP contribution in [0.2, 0.25) is 0 Å². The van der Waals surface area contributed by atoms with Crippen molar-refractivity contribution in [3.8, 4) is 17.6 Å². The van der Waals surface area contributed by atoms with E-state index in [0.717, 1.165) is 22.1 Å². The van der Waals surface area contributed by atoms with Gasteiger partial charge in [-0.1, -0.05) is 64.5 Å². The maximum atomic E-state index is 12.8. The number of halogens is 1. The Morgan fingerprint density at radius 2 is 1.78 bits per heavy atom. The summed E-state index contributed by atoms with van der Waals surface area (Å²) in [6.45, 7) is 4.27. The van der Waals surface area contributed by atoms with Gasteiger partial charge in [-0.15, -0.1) is 0 Å². The highest BCUT2D eigenvalue weighted by atomic mass is 79.9. The maximum Gasteiger partial charge on any atom is 0.266 e. The highest BCUT2D eigenvalue weighted by Crippen LogP contribution is 2.35. The number of hydrogen-bond donors (Lipinski definition) is 1. The van der Waals surface area contributed by atoms with Crippen LogP contribution in [0.25, 0.3) is 16.8 Å². The summed E-state index contributed by atoms with van der Waals surface area (Å²) in [5.41, 5.74) is 4.32. The Hall–Kier alpha value is -4.08. The summed E-state index contributed by atoms with van der Waals surface area (Å²) >= 11 is 3.54. The smallest absolute Gasteiger partial charge is 0.266 e. The third-order valence-electron chi connectivity index (χ3n) is 6.01. The van der Waals surface area contributed by atoms with E-state index >= 15 is 0 Å². The van der Waals surface area contributed by atoms with Gasteiger partial charge in [-0.05, 0) is 77.2 Å². The molecule has 0 aliphatic heterocycles. The molecule has 180 valence electrons. The Bertz CT molecular complexity index is 1520. The zero-order valence-corrected chi connectivity index (χ0v) is 21.8. The van der Waals surface area contributed by atoms with Crippen LogP contribution in [-0.4, -0.2) is 13.0 Å². The third kappa shape index (κ3) is 5.59. The van der Waals surface area contributed by atoms with E-state index in [0.29, 0.717) is 33.8 Å². The molecule has 0 heterocycles. The minimum atomic E-state index is -0.478. The summed E-state index contributed by atoms with van der Waals surface area (Å²) < 4.78 is 12.3. The lowest BCUT2D eigenvalue weighted by atomic mass is 10.1. The largest absolute Gasteiger partial charge is 0.493 e. The molecule has 0 aliphatic rings. The zero-order valence-electron chi connectivity index (χ0n) is 20.3. The van der Waals surface area contributed by atoms with Crippen LogP contribution in [0.5, 0.6) is 11.5 Å². The number of carbonyl (C=O) groups excluding carboxylic acids is 1. The van der Waals surface area contributed by atoms with Crippen molar-refractivity contribution in [3.05, 3.63) is 105 Å². The van der Waals surface area contributed by atoms with Gasteiger partial charge in [0, 0.05) is 10.2 Å². The number of ether oxygens (including phenoxy) is 2. The van der Waals surface area contributed by atoms with Crippen molar-refractivity contribution in [1.29, 1.82) is 5.26 Å². The number of nitriles is 1. The van der Waals surface area contributed by atoms with Crippen LogP contribution in [0.3, 0.4) is 0 Å². The molecule has 0 spiro atoms. The molecule has 4 aromatic carbocycles. The number of amides is 1. The average molecular weight is 541 g/mol. The lowest BCUT2D eigenvalue weighted by Crippen LogP contribution is -2.14. The van der Waals surface area contributed by atoms with E-state index < -0.39 is 5.91 Å². The second kappa shape index (κ2) is 11.1. The van der Waals surface area contributed by atoms with Crippen molar-refractivity contribution in [2.24, 2.45) is 0 Å². The van der Waals surface area contributed by atoms with E-state index in [2.05, 4.69) is 45.5 Å². The molecule has 4 rings (SSSR count). The van der Waals surface area contributed by atoms with Crippen molar-refractivity contribution >= 4 is 44.4 Å². The number of carbonyl (C=O) groups is 1. The molecule has 0 atom stereocenters. The van der Waals surface area contributed by atoms with E-state index in [4.69, 9.17) is 9.47 Å². The van der Waals surface area contributed by atoms with Gasteiger partial charge in [0.05, 0.1) is 7.11 Å². The summed E-state index contributed by atoms with van der Waals surface area (Å²) in [6.07, 6.45) is 1.53. The normalized spacial score (nSPS) is 11.1. The molecule has 0 aliphatic carbocycles. The van der Waals surface area contributed by atoms with Crippen LogP contribution in [0.15, 0.2) is 82.8 Å². The molecule has 0 radical (unpaired) electrons. The maximum absolute atomic E-state index is 12.8. The molecule has 0 unspecified atom stereocenters. The molecule has 6 heteroatoms. The van der Waals surface area contributed by atoms with Gasteiger partial charge in [-0.2, -0.15) is 5.26 Å². The molecule has 36 heavy (non-hydrogen) atoms. The van der Waals surface area contributed by atoms with E-state index in [9.17, 15) is 10.1 Å². The number of methoxy groups -OCH3 is 1. The topological polar surface area (TPSA) is 71.3 Å². The van der Waals surface area contributed by atoms with Gasteiger partial charge >= 0.3 is 0 Å². The third-order valence-corrected chi connectivity index (χ3v) is 6.70. The van der Waals surface area contributed by atoms with Gasteiger partial charge in [0.1, 0.15) is 18.2 Å². The number of aryl methyl sites for hydroxylation is 1. The lowest BCUT2D eigenvalue weighted by molar-refractivity contribution is -0.112. The minimum Gasteiger partial charge on any atom is -0.493 e. The van der Waals surface area contributed by atoms with Crippen molar-refractivity contribution in [2.45, 2.75) is 20.5 Å². The molecule has 0 saturated heterocycles. The van der Waals surface area contributed by atoms with E-state index in [1.807, 2.05) is 56.3 Å². The standard InChI is InChI=1S/C30H25BrN2O3/c1-19-7-6-10-27(20(19)2)33-30(34)25(17-32)14-24-15-28(35-3)29(16-26(24)31)36-18-21-11-12-22-8-4-5-9-23(22)13-21/h4-16H,18H2,1-3H3,(H,33,34)/b25-14+. The summed E-state index contributed by atoms with van der Waals surface area (Å²) in [4.78, 5) is 12.8. The fraction of sp³-hybridized carbons (Fsp3) is 0.133. The molecule has 0 fully saturated rings. The monoisotopic (exact) mass is 540 g/mol. The molecule has 1 N–H and O–H groups in total. The lowest BCUT2D eigenvalue weighted by Gasteiger charge is -2.14. The van der Waals surface area contributed by atoms with Crippen molar-refractivity contribution in [2.75, 3.05) is 12.4 Å². The quantitative estimate of drug-likeness (QED) is 0.196. The molecular formula is C30H25BrN2O3. The van der Waals surface area contributed by atoms with Crippen molar-refractivity contribution in [3.63, 3.8) is 0 Å². The second-order valence-corrected chi connectivity index (χ2v) is 9.22. The number of benzene rings is 4. The van der Waals surface area contributed by atoms with Crippen LogP contribution in [0, 0.1) is 25.2 Å². The van der Waals surface area contributed by atoms with Gasteiger partial charge in [0.2, 0.25) is 0 Å². The molecule has 0 saturated carbocycles. The fourth-order valence-electron chi connectivity index (χ4n) is 3.80. The Balaban J connectivity index is 1.55. The Morgan fingerprint density at radius 1 is 1.00 bits per heavy atom. The van der Waals surface area contributed by atoms with Crippen molar-refractivity contribution in [1.82, 2.24) is 0 Å². The second-order valence-electron chi connectivity index (χ2n) is 8.37. The molecule has 4 aromatic rings. The minimum absolute atomic E-state index is 0.0245. The first kappa shape index (κ1) is 25.0. The molecule has 0 aromatic heterocycles. The first-order chi connectivity index (χ1) is 17.4. The molecule has 5 nitrogen and oxygen atoms in total. The number of hydrogen-bond acceptors (Lipinski definition) is 4. The summed E-state index contributed by atoms with van der Waals surface area (Å²) in [7, 11) is 1.55. The fourth-order valence-corrected chi connectivity index (χ4v) is 4.24. The van der Waals surface area contributed by atoms with Crippen LogP contribution in [0.1, 0.15) is 22.3 Å². The summed E-state index contributed by atoms with van der Waals surface area (Å²) in [6, 6.07) is 25.6.